The first-order chi connectivity index (χ1) is 9.04. The van der Waals surface area contributed by atoms with E-state index in [2.05, 4.69) is 39.9 Å². The summed E-state index contributed by atoms with van der Waals surface area (Å²) >= 11 is 0. The molecule has 0 aromatic rings. The fourth-order valence-corrected chi connectivity index (χ4v) is 1.85. The molecule has 0 saturated carbocycles. The molecule has 20 heavy (non-hydrogen) atoms. The van der Waals surface area contributed by atoms with Gasteiger partial charge in [-0.25, -0.2) is 4.79 Å². The summed E-state index contributed by atoms with van der Waals surface area (Å²) in [4.78, 5) is 24.0. The minimum atomic E-state index is -0.892. The average Bonchev–Trinajstić information content (AvgIpc) is 2.29. The van der Waals surface area contributed by atoms with E-state index in [9.17, 15) is 9.59 Å². The van der Waals surface area contributed by atoms with Gasteiger partial charge in [0.2, 0.25) is 0 Å². The maximum absolute atomic E-state index is 12.1. The van der Waals surface area contributed by atoms with Crippen LogP contribution in [0, 0.1) is 11.3 Å². The lowest BCUT2D eigenvalue weighted by atomic mass is 9.83. The lowest BCUT2D eigenvalue weighted by Crippen LogP contribution is -2.49. The molecule has 0 bridgehead atoms. The molecule has 0 aromatic heterocycles. The highest BCUT2D eigenvalue weighted by atomic mass is 16.4. The molecule has 0 aliphatic heterocycles. The number of nitrogens with zero attached hydrogens (tertiary/aromatic N) is 1. The van der Waals surface area contributed by atoms with Crippen molar-refractivity contribution in [2.45, 2.75) is 59.9 Å². The molecule has 0 spiro atoms. The summed E-state index contributed by atoms with van der Waals surface area (Å²) in [6, 6.07) is -0.111. The molecule has 0 aromatic carbocycles. The number of amides is 2. The molecule has 0 saturated heterocycles. The Morgan fingerprint density at radius 1 is 1.20 bits per heavy atom. The molecular formula is C15H30N2O3. The Kier molecular flexibility index (Phi) is 7.61. The molecule has 0 heterocycles. The van der Waals surface area contributed by atoms with Crippen molar-refractivity contribution in [3.05, 3.63) is 0 Å². The van der Waals surface area contributed by atoms with E-state index in [1.807, 2.05) is 0 Å². The SMILES string of the molecule is CC(C)CCC(NC(=O)N(C)CCC(=O)O)C(C)(C)C. The van der Waals surface area contributed by atoms with Crippen LogP contribution in [-0.2, 0) is 4.79 Å². The Labute approximate surface area is 122 Å². The molecule has 5 nitrogen and oxygen atoms in total. The van der Waals surface area contributed by atoms with Gasteiger partial charge >= 0.3 is 12.0 Å². The smallest absolute Gasteiger partial charge is 0.317 e. The second-order valence-corrected chi connectivity index (χ2v) is 6.90. The number of carboxylic acid groups (broad SMARTS) is 1. The molecule has 0 fully saturated rings. The summed E-state index contributed by atoms with van der Waals surface area (Å²) in [5.74, 6) is -0.293. The first-order valence-electron chi connectivity index (χ1n) is 7.27. The molecule has 0 aliphatic carbocycles. The number of nitrogens with one attached hydrogen (secondary N) is 1. The van der Waals surface area contributed by atoms with Gasteiger partial charge in [-0.3, -0.25) is 4.79 Å². The van der Waals surface area contributed by atoms with E-state index >= 15 is 0 Å². The zero-order chi connectivity index (χ0) is 15.9. The average molecular weight is 286 g/mol. The standard InChI is InChI=1S/C15H30N2O3/c1-11(2)7-8-12(15(3,4)5)16-14(20)17(6)10-9-13(18)19/h11-12H,7-10H2,1-6H3,(H,16,20)(H,18,19). The number of carbonyl (C=O) groups excluding carboxylic acids is 1. The third-order valence-corrected chi connectivity index (χ3v) is 3.38. The molecule has 5 heteroatoms. The first-order valence-corrected chi connectivity index (χ1v) is 7.27. The highest BCUT2D eigenvalue weighted by Gasteiger charge is 2.27. The number of hydrogen-bond acceptors (Lipinski definition) is 2. The van der Waals surface area contributed by atoms with Crippen LogP contribution in [0.1, 0.15) is 53.9 Å². The highest BCUT2D eigenvalue weighted by Crippen LogP contribution is 2.24. The van der Waals surface area contributed by atoms with Crippen molar-refractivity contribution in [1.29, 1.82) is 0 Å². The van der Waals surface area contributed by atoms with Gasteiger partial charge in [0.15, 0.2) is 0 Å². The Morgan fingerprint density at radius 3 is 2.15 bits per heavy atom. The van der Waals surface area contributed by atoms with Gasteiger partial charge in [-0.15, -0.1) is 0 Å². The second-order valence-electron chi connectivity index (χ2n) is 6.90. The summed E-state index contributed by atoms with van der Waals surface area (Å²) in [6.07, 6.45) is 1.96. The van der Waals surface area contributed by atoms with Gasteiger partial charge in [0.25, 0.3) is 0 Å². The Bertz CT molecular complexity index is 322. The molecule has 2 N–H and O–H groups in total. The Hall–Kier alpha value is -1.26. The lowest BCUT2D eigenvalue weighted by Gasteiger charge is -2.33. The van der Waals surface area contributed by atoms with Crippen molar-refractivity contribution in [3.63, 3.8) is 0 Å². The fraction of sp³-hybridized carbons (Fsp3) is 0.867. The van der Waals surface area contributed by atoms with E-state index in [0.717, 1.165) is 12.8 Å². The third-order valence-electron chi connectivity index (χ3n) is 3.38. The van der Waals surface area contributed by atoms with Crippen LogP contribution < -0.4 is 5.32 Å². The van der Waals surface area contributed by atoms with Gasteiger partial charge in [-0.2, -0.15) is 0 Å². The van der Waals surface area contributed by atoms with Gasteiger partial charge < -0.3 is 15.3 Å². The molecule has 2 amide bonds. The van der Waals surface area contributed by atoms with Crippen molar-refractivity contribution in [1.82, 2.24) is 10.2 Å². The van der Waals surface area contributed by atoms with Crippen LogP contribution >= 0.6 is 0 Å². The van der Waals surface area contributed by atoms with E-state index < -0.39 is 5.97 Å². The number of rotatable bonds is 7. The molecule has 0 radical (unpaired) electrons. The largest absolute Gasteiger partial charge is 0.481 e. The molecule has 0 rings (SSSR count). The summed E-state index contributed by atoms with van der Waals surface area (Å²) in [7, 11) is 1.63. The Balaban J connectivity index is 4.48. The van der Waals surface area contributed by atoms with Gasteiger partial charge in [-0.1, -0.05) is 34.6 Å². The predicted molar refractivity (Wildman–Crippen MR) is 80.7 cm³/mol. The minimum absolute atomic E-state index is 0.0157. The van der Waals surface area contributed by atoms with Crippen molar-refractivity contribution in [2.24, 2.45) is 11.3 Å². The van der Waals surface area contributed by atoms with Crippen molar-refractivity contribution in [3.8, 4) is 0 Å². The number of hydrogen-bond donors (Lipinski definition) is 2. The van der Waals surface area contributed by atoms with Gasteiger partial charge in [0.05, 0.1) is 6.42 Å². The molecule has 1 unspecified atom stereocenters. The van der Waals surface area contributed by atoms with Crippen LogP contribution in [0.3, 0.4) is 0 Å². The highest BCUT2D eigenvalue weighted by molar-refractivity contribution is 5.75. The summed E-state index contributed by atoms with van der Waals surface area (Å²) in [5, 5.41) is 11.7. The van der Waals surface area contributed by atoms with Crippen LogP contribution in [0.15, 0.2) is 0 Å². The number of urea groups is 1. The topological polar surface area (TPSA) is 69.6 Å². The molecule has 1 atom stereocenters. The number of carboxylic acids is 1. The van der Waals surface area contributed by atoms with Gasteiger partial charge in [0.1, 0.15) is 0 Å². The molecular weight excluding hydrogens is 256 g/mol. The van der Waals surface area contributed by atoms with E-state index in [1.54, 1.807) is 7.05 Å². The molecule has 118 valence electrons. The number of carbonyl (C=O) groups is 2. The van der Waals surface area contributed by atoms with Gasteiger partial charge in [0, 0.05) is 19.6 Å². The van der Waals surface area contributed by atoms with Crippen LogP contribution in [-0.4, -0.2) is 41.6 Å². The lowest BCUT2D eigenvalue weighted by molar-refractivity contribution is -0.137. The van der Waals surface area contributed by atoms with Crippen LogP contribution in [0.2, 0.25) is 0 Å². The molecule has 0 aliphatic rings. The first kappa shape index (κ1) is 18.7. The van der Waals surface area contributed by atoms with Crippen molar-refractivity contribution >= 4 is 12.0 Å². The van der Waals surface area contributed by atoms with E-state index in [0.29, 0.717) is 5.92 Å². The normalized spacial score (nSPS) is 13.2. The monoisotopic (exact) mass is 286 g/mol. The Morgan fingerprint density at radius 2 is 1.75 bits per heavy atom. The maximum Gasteiger partial charge on any atom is 0.317 e. The van der Waals surface area contributed by atoms with E-state index in [-0.39, 0.29) is 30.5 Å². The summed E-state index contributed by atoms with van der Waals surface area (Å²) < 4.78 is 0. The second kappa shape index (κ2) is 8.12. The van der Waals surface area contributed by atoms with E-state index in [4.69, 9.17) is 5.11 Å². The predicted octanol–water partition coefficient (Wildman–Crippen LogP) is 2.95. The fourth-order valence-electron chi connectivity index (χ4n) is 1.85. The quantitative estimate of drug-likeness (QED) is 0.756. The summed E-state index contributed by atoms with van der Waals surface area (Å²) in [6.45, 7) is 10.9. The van der Waals surface area contributed by atoms with Crippen LogP contribution in [0.5, 0.6) is 0 Å². The van der Waals surface area contributed by atoms with Crippen LogP contribution in [0.4, 0.5) is 4.79 Å². The van der Waals surface area contributed by atoms with Crippen molar-refractivity contribution < 1.29 is 14.7 Å². The zero-order valence-electron chi connectivity index (χ0n) is 13.7. The minimum Gasteiger partial charge on any atom is -0.481 e. The number of aliphatic carboxylic acids is 1. The van der Waals surface area contributed by atoms with Crippen LogP contribution in [0.25, 0.3) is 0 Å². The van der Waals surface area contributed by atoms with Crippen molar-refractivity contribution in [2.75, 3.05) is 13.6 Å². The third kappa shape index (κ3) is 8.02. The van der Waals surface area contributed by atoms with E-state index in [1.165, 1.54) is 4.90 Å². The maximum atomic E-state index is 12.1. The summed E-state index contributed by atoms with van der Waals surface area (Å²) in [5.41, 5.74) is -0.0157. The zero-order valence-corrected chi connectivity index (χ0v) is 13.7. The van der Waals surface area contributed by atoms with Gasteiger partial charge in [-0.05, 0) is 24.2 Å².